The molecular formula is C9H17N5. The summed E-state index contributed by atoms with van der Waals surface area (Å²) < 4.78 is 0. The minimum absolute atomic E-state index is 0.161. The molecule has 14 heavy (non-hydrogen) atoms. The normalized spacial score (nSPS) is 20.9. The summed E-state index contributed by atoms with van der Waals surface area (Å²) in [5.41, 5.74) is 3.78. The minimum Gasteiger partial charge on any atom is -0.271 e. The van der Waals surface area contributed by atoms with E-state index < -0.39 is 0 Å². The van der Waals surface area contributed by atoms with E-state index in [-0.39, 0.29) is 6.04 Å². The van der Waals surface area contributed by atoms with E-state index in [1.54, 1.807) is 6.20 Å². The fraction of sp³-hybridized carbons (Fsp3) is 0.778. The summed E-state index contributed by atoms with van der Waals surface area (Å²) in [6, 6.07) is 0.161. The van der Waals surface area contributed by atoms with Crippen LogP contribution < -0.4 is 11.3 Å². The molecule has 1 aromatic heterocycles. The highest BCUT2D eigenvalue weighted by Crippen LogP contribution is 2.32. The van der Waals surface area contributed by atoms with Gasteiger partial charge >= 0.3 is 0 Å². The first-order valence-corrected chi connectivity index (χ1v) is 5.23. The third-order valence-corrected chi connectivity index (χ3v) is 3.05. The predicted molar refractivity (Wildman–Crippen MR) is 53.0 cm³/mol. The second-order valence-corrected chi connectivity index (χ2v) is 3.94. The summed E-state index contributed by atoms with van der Waals surface area (Å²) in [5, 5.41) is 10.5. The van der Waals surface area contributed by atoms with Crippen molar-refractivity contribution in [1.29, 1.82) is 0 Å². The molecule has 0 saturated heterocycles. The van der Waals surface area contributed by atoms with E-state index in [0.29, 0.717) is 5.92 Å². The molecule has 1 unspecified atom stereocenters. The smallest absolute Gasteiger partial charge is 0.101 e. The van der Waals surface area contributed by atoms with E-state index in [1.165, 1.54) is 32.1 Å². The van der Waals surface area contributed by atoms with Crippen LogP contribution >= 0.6 is 0 Å². The van der Waals surface area contributed by atoms with Gasteiger partial charge < -0.3 is 0 Å². The van der Waals surface area contributed by atoms with Gasteiger partial charge in [-0.25, -0.2) is 0 Å². The van der Waals surface area contributed by atoms with Crippen LogP contribution in [-0.2, 0) is 0 Å². The Morgan fingerprint density at radius 3 is 2.79 bits per heavy atom. The fourth-order valence-electron chi connectivity index (χ4n) is 2.29. The van der Waals surface area contributed by atoms with Gasteiger partial charge in [0.2, 0.25) is 0 Å². The van der Waals surface area contributed by atoms with Crippen molar-refractivity contribution in [2.45, 2.75) is 38.1 Å². The largest absolute Gasteiger partial charge is 0.271 e. The number of aromatic nitrogens is 3. The van der Waals surface area contributed by atoms with Crippen LogP contribution in [0.25, 0.3) is 0 Å². The van der Waals surface area contributed by atoms with Gasteiger partial charge in [-0.2, -0.15) is 15.4 Å². The van der Waals surface area contributed by atoms with E-state index in [9.17, 15) is 0 Å². The average Bonchev–Trinajstić information content (AvgIpc) is 2.74. The van der Waals surface area contributed by atoms with Gasteiger partial charge in [0.25, 0.3) is 0 Å². The summed E-state index contributed by atoms with van der Waals surface area (Å²) in [4.78, 5) is 0. The Balaban J connectivity index is 2.04. The number of hydrogen-bond acceptors (Lipinski definition) is 4. The molecule has 0 amide bonds. The molecule has 1 saturated carbocycles. The van der Waals surface area contributed by atoms with Crippen molar-refractivity contribution in [2.75, 3.05) is 0 Å². The first kappa shape index (κ1) is 9.61. The highest BCUT2D eigenvalue weighted by molar-refractivity contribution is 5.01. The molecule has 78 valence electrons. The number of nitrogens with one attached hydrogen (secondary N) is 2. The lowest BCUT2D eigenvalue weighted by molar-refractivity contribution is 0.269. The predicted octanol–water partition coefficient (Wildman–Crippen LogP) is 0.889. The first-order chi connectivity index (χ1) is 6.92. The SMILES string of the molecule is NNC(c1cn[nH]n1)C1CCCCC1. The van der Waals surface area contributed by atoms with Crippen LogP contribution in [0.5, 0.6) is 0 Å². The van der Waals surface area contributed by atoms with Gasteiger partial charge in [-0.05, 0) is 18.8 Å². The molecule has 5 nitrogen and oxygen atoms in total. The van der Waals surface area contributed by atoms with Gasteiger partial charge in [0.05, 0.1) is 12.2 Å². The molecule has 0 aliphatic heterocycles. The molecule has 1 aliphatic rings. The number of H-pyrrole nitrogens is 1. The van der Waals surface area contributed by atoms with Gasteiger partial charge in [0.15, 0.2) is 0 Å². The number of hydrogen-bond donors (Lipinski definition) is 3. The quantitative estimate of drug-likeness (QED) is 0.494. The Bertz CT molecular complexity index is 252. The summed E-state index contributed by atoms with van der Waals surface area (Å²) in [6.07, 6.45) is 8.19. The lowest BCUT2D eigenvalue weighted by atomic mass is 9.83. The summed E-state index contributed by atoms with van der Waals surface area (Å²) in [5.74, 6) is 6.17. The van der Waals surface area contributed by atoms with Crippen LogP contribution in [0.15, 0.2) is 6.20 Å². The van der Waals surface area contributed by atoms with E-state index >= 15 is 0 Å². The van der Waals surface area contributed by atoms with Crippen LogP contribution in [0.4, 0.5) is 0 Å². The Morgan fingerprint density at radius 2 is 2.21 bits per heavy atom. The van der Waals surface area contributed by atoms with Crippen molar-refractivity contribution in [2.24, 2.45) is 11.8 Å². The van der Waals surface area contributed by atoms with Crippen LogP contribution in [0.1, 0.15) is 43.8 Å². The van der Waals surface area contributed by atoms with E-state index in [1.807, 2.05) is 0 Å². The molecular weight excluding hydrogens is 178 g/mol. The number of rotatable bonds is 3. The number of nitrogens with two attached hydrogens (primary N) is 1. The molecule has 4 N–H and O–H groups in total. The third kappa shape index (κ3) is 1.93. The highest BCUT2D eigenvalue weighted by atomic mass is 15.3. The lowest BCUT2D eigenvalue weighted by Crippen LogP contribution is -2.34. The second-order valence-electron chi connectivity index (χ2n) is 3.94. The second kappa shape index (κ2) is 4.52. The molecule has 1 atom stereocenters. The monoisotopic (exact) mass is 195 g/mol. The van der Waals surface area contributed by atoms with Crippen LogP contribution in [-0.4, -0.2) is 15.4 Å². The van der Waals surface area contributed by atoms with Crippen molar-refractivity contribution < 1.29 is 0 Å². The molecule has 5 heteroatoms. The highest BCUT2D eigenvalue weighted by Gasteiger charge is 2.25. The van der Waals surface area contributed by atoms with Crippen molar-refractivity contribution in [3.05, 3.63) is 11.9 Å². The standard InChI is InChI=1S/C9H17N5/c10-12-9(8-6-11-14-13-8)7-4-2-1-3-5-7/h6-7,9,12H,1-5,10H2,(H,11,13,14). The zero-order valence-electron chi connectivity index (χ0n) is 8.24. The molecule has 1 heterocycles. The van der Waals surface area contributed by atoms with Crippen molar-refractivity contribution in [1.82, 2.24) is 20.8 Å². The van der Waals surface area contributed by atoms with Gasteiger partial charge in [0, 0.05) is 0 Å². The van der Waals surface area contributed by atoms with Crippen molar-refractivity contribution in [3.63, 3.8) is 0 Å². The van der Waals surface area contributed by atoms with E-state index in [2.05, 4.69) is 20.8 Å². The van der Waals surface area contributed by atoms with Gasteiger partial charge in [-0.3, -0.25) is 11.3 Å². The van der Waals surface area contributed by atoms with Gasteiger partial charge in [-0.1, -0.05) is 19.3 Å². The molecule has 1 aromatic rings. The Hall–Kier alpha value is -0.940. The van der Waals surface area contributed by atoms with Gasteiger partial charge in [-0.15, -0.1) is 0 Å². The first-order valence-electron chi connectivity index (χ1n) is 5.23. The zero-order chi connectivity index (χ0) is 9.80. The van der Waals surface area contributed by atoms with E-state index in [4.69, 9.17) is 5.84 Å². The molecule has 0 bridgehead atoms. The third-order valence-electron chi connectivity index (χ3n) is 3.05. The van der Waals surface area contributed by atoms with Crippen molar-refractivity contribution in [3.8, 4) is 0 Å². The maximum absolute atomic E-state index is 5.56. The topological polar surface area (TPSA) is 79.6 Å². The summed E-state index contributed by atoms with van der Waals surface area (Å²) >= 11 is 0. The zero-order valence-corrected chi connectivity index (χ0v) is 8.24. The average molecular weight is 195 g/mol. The van der Waals surface area contributed by atoms with Crippen LogP contribution in [0.2, 0.25) is 0 Å². The van der Waals surface area contributed by atoms with Gasteiger partial charge in [0.1, 0.15) is 5.69 Å². The van der Waals surface area contributed by atoms with Crippen LogP contribution in [0, 0.1) is 5.92 Å². The molecule has 1 aliphatic carbocycles. The summed E-state index contributed by atoms with van der Waals surface area (Å²) in [7, 11) is 0. The molecule has 2 rings (SSSR count). The Labute approximate surface area is 83.4 Å². The number of nitrogens with zero attached hydrogens (tertiary/aromatic N) is 2. The Kier molecular flexibility index (Phi) is 3.10. The summed E-state index contributed by atoms with van der Waals surface area (Å²) in [6.45, 7) is 0. The maximum atomic E-state index is 5.56. The van der Waals surface area contributed by atoms with E-state index in [0.717, 1.165) is 5.69 Å². The number of aromatic amines is 1. The maximum Gasteiger partial charge on any atom is 0.101 e. The molecule has 0 aromatic carbocycles. The Morgan fingerprint density at radius 1 is 1.43 bits per heavy atom. The minimum atomic E-state index is 0.161. The number of hydrazine groups is 1. The molecule has 0 spiro atoms. The fourth-order valence-corrected chi connectivity index (χ4v) is 2.29. The molecule has 0 radical (unpaired) electrons. The van der Waals surface area contributed by atoms with Crippen molar-refractivity contribution >= 4 is 0 Å². The lowest BCUT2D eigenvalue weighted by Gasteiger charge is -2.28. The van der Waals surface area contributed by atoms with Crippen LogP contribution in [0.3, 0.4) is 0 Å². The molecule has 1 fully saturated rings.